The maximum absolute atomic E-state index is 13.3. The van der Waals surface area contributed by atoms with Gasteiger partial charge in [-0.1, -0.05) is 6.07 Å². The van der Waals surface area contributed by atoms with Gasteiger partial charge in [-0.2, -0.15) is 0 Å². The van der Waals surface area contributed by atoms with E-state index in [2.05, 4.69) is 4.98 Å². The number of rotatable bonds is 2. The molecule has 2 aromatic rings. The van der Waals surface area contributed by atoms with Gasteiger partial charge < -0.3 is 0 Å². The van der Waals surface area contributed by atoms with Gasteiger partial charge in [0.15, 0.2) is 0 Å². The smallest absolute Gasteiger partial charge is 0.129 e. The van der Waals surface area contributed by atoms with Crippen molar-refractivity contribution in [2.24, 2.45) is 0 Å². The Morgan fingerprint density at radius 2 is 2.13 bits per heavy atom. The van der Waals surface area contributed by atoms with Gasteiger partial charge in [-0.05, 0) is 18.6 Å². The molecule has 4 heteroatoms. The maximum atomic E-state index is 13.3. The molecule has 1 heterocycles. The molecule has 0 radical (unpaired) electrons. The third-order valence-electron chi connectivity index (χ3n) is 2.02. The Balaban J connectivity index is 2.24. The van der Waals surface area contributed by atoms with Gasteiger partial charge in [0.1, 0.15) is 11.6 Å². The van der Waals surface area contributed by atoms with E-state index in [4.69, 9.17) is 0 Å². The first-order chi connectivity index (χ1) is 7.15. The first-order valence-electron chi connectivity index (χ1n) is 4.50. The van der Waals surface area contributed by atoms with E-state index < -0.39 is 11.6 Å². The van der Waals surface area contributed by atoms with Gasteiger partial charge in [0, 0.05) is 23.6 Å². The van der Waals surface area contributed by atoms with Crippen molar-refractivity contribution in [2.45, 2.75) is 13.3 Å². The molecule has 0 fully saturated rings. The number of hydrogen-bond donors (Lipinski definition) is 0. The average molecular weight is 225 g/mol. The van der Waals surface area contributed by atoms with Crippen LogP contribution in [-0.2, 0) is 6.42 Å². The van der Waals surface area contributed by atoms with Crippen LogP contribution in [0, 0.1) is 18.6 Å². The topological polar surface area (TPSA) is 12.9 Å². The Bertz CT molecular complexity index is 479. The molecular weight excluding hydrogens is 216 g/mol. The second kappa shape index (κ2) is 4.06. The predicted molar refractivity (Wildman–Crippen MR) is 56.0 cm³/mol. The van der Waals surface area contributed by atoms with E-state index >= 15 is 0 Å². The quantitative estimate of drug-likeness (QED) is 0.764. The number of halogens is 2. The molecule has 1 nitrogen and oxygen atoms in total. The molecule has 0 atom stereocenters. The Morgan fingerprint density at radius 1 is 1.33 bits per heavy atom. The fourth-order valence-corrected chi connectivity index (χ4v) is 2.11. The molecule has 0 aliphatic carbocycles. The Morgan fingerprint density at radius 3 is 2.73 bits per heavy atom. The summed E-state index contributed by atoms with van der Waals surface area (Å²) in [6, 6.07) is 3.62. The van der Waals surface area contributed by atoms with Gasteiger partial charge in [-0.25, -0.2) is 13.8 Å². The average Bonchev–Trinajstić information content (AvgIpc) is 2.56. The van der Waals surface area contributed by atoms with Crippen molar-refractivity contribution in [2.75, 3.05) is 0 Å². The molecular formula is C11H9F2NS. The van der Waals surface area contributed by atoms with E-state index in [-0.39, 0.29) is 0 Å². The van der Waals surface area contributed by atoms with E-state index in [1.807, 2.05) is 12.3 Å². The lowest BCUT2D eigenvalue weighted by atomic mass is 10.1. The first-order valence-corrected chi connectivity index (χ1v) is 5.38. The minimum absolute atomic E-state index is 0.421. The first kappa shape index (κ1) is 10.2. The zero-order chi connectivity index (χ0) is 10.8. The molecule has 78 valence electrons. The highest BCUT2D eigenvalue weighted by atomic mass is 32.1. The standard InChI is InChI=1S/C11H9F2NS/c1-7-6-15-11(14-7)4-8-2-3-9(12)5-10(8)13/h2-3,5-6H,4H2,1H3. The van der Waals surface area contributed by atoms with Crippen molar-refractivity contribution in [1.29, 1.82) is 0 Å². The van der Waals surface area contributed by atoms with Gasteiger partial charge in [0.05, 0.1) is 5.01 Å². The molecule has 0 saturated carbocycles. The van der Waals surface area contributed by atoms with Crippen molar-refractivity contribution in [1.82, 2.24) is 4.98 Å². The van der Waals surface area contributed by atoms with Gasteiger partial charge in [0.2, 0.25) is 0 Å². The molecule has 0 N–H and O–H groups in total. The van der Waals surface area contributed by atoms with E-state index in [0.29, 0.717) is 12.0 Å². The summed E-state index contributed by atoms with van der Waals surface area (Å²) in [4.78, 5) is 4.23. The monoisotopic (exact) mass is 225 g/mol. The summed E-state index contributed by atoms with van der Waals surface area (Å²) >= 11 is 1.49. The number of thiazole rings is 1. The molecule has 0 amide bonds. The van der Waals surface area contributed by atoms with Crippen molar-refractivity contribution >= 4 is 11.3 Å². The summed E-state index contributed by atoms with van der Waals surface area (Å²) < 4.78 is 25.9. The largest absolute Gasteiger partial charge is 0.246 e. The molecule has 1 aromatic heterocycles. The number of aryl methyl sites for hydroxylation is 1. The molecule has 0 unspecified atom stereocenters. The predicted octanol–water partition coefficient (Wildman–Crippen LogP) is 3.32. The van der Waals surface area contributed by atoms with Crippen LogP contribution in [0.15, 0.2) is 23.6 Å². The molecule has 0 aliphatic heterocycles. The summed E-state index contributed by atoms with van der Waals surface area (Å²) in [5.41, 5.74) is 1.41. The Hall–Kier alpha value is -1.29. The summed E-state index contributed by atoms with van der Waals surface area (Å²) in [7, 11) is 0. The number of nitrogens with zero attached hydrogens (tertiary/aromatic N) is 1. The van der Waals surface area contributed by atoms with Crippen molar-refractivity contribution in [3.63, 3.8) is 0 Å². The number of hydrogen-bond acceptors (Lipinski definition) is 2. The highest BCUT2D eigenvalue weighted by molar-refractivity contribution is 7.09. The highest BCUT2D eigenvalue weighted by Crippen LogP contribution is 2.17. The number of benzene rings is 1. The second-order valence-corrected chi connectivity index (χ2v) is 4.24. The molecule has 0 saturated heterocycles. The minimum atomic E-state index is -0.549. The minimum Gasteiger partial charge on any atom is -0.246 e. The van der Waals surface area contributed by atoms with Crippen molar-refractivity contribution < 1.29 is 8.78 Å². The maximum Gasteiger partial charge on any atom is 0.129 e. The Kier molecular flexibility index (Phi) is 2.77. The normalized spacial score (nSPS) is 10.6. The van der Waals surface area contributed by atoms with Crippen LogP contribution >= 0.6 is 11.3 Å². The van der Waals surface area contributed by atoms with E-state index in [9.17, 15) is 8.78 Å². The molecule has 0 bridgehead atoms. The third kappa shape index (κ3) is 2.39. The van der Waals surface area contributed by atoms with Gasteiger partial charge in [-0.15, -0.1) is 11.3 Å². The Labute approximate surface area is 90.4 Å². The third-order valence-corrected chi connectivity index (χ3v) is 2.99. The van der Waals surface area contributed by atoms with Crippen LogP contribution in [-0.4, -0.2) is 4.98 Å². The lowest BCUT2D eigenvalue weighted by Gasteiger charge is -2.00. The van der Waals surface area contributed by atoms with E-state index in [1.165, 1.54) is 23.5 Å². The fourth-order valence-electron chi connectivity index (χ4n) is 1.31. The summed E-state index contributed by atoms with van der Waals surface area (Å²) in [5, 5.41) is 2.76. The van der Waals surface area contributed by atoms with Crippen molar-refractivity contribution in [3.05, 3.63) is 51.5 Å². The van der Waals surface area contributed by atoms with Crippen LogP contribution in [0.5, 0.6) is 0 Å². The van der Waals surface area contributed by atoms with Crippen LogP contribution in [0.4, 0.5) is 8.78 Å². The molecule has 2 rings (SSSR count). The van der Waals surface area contributed by atoms with Gasteiger partial charge in [-0.3, -0.25) is 0 Å². The lowest BCUT2D eigenvalue weighted by Crippen LogP contribution is -1.93. The molecule has 15 heavy (non-hydrogen) atoms. The van der Waals surface area contributed by atoms with Crippen LogP contribution in [0.2, 0.25) is 0 Å². The lowest BCUT2D eigenvalue weighted by molar-refractivity contribution is 0.574. The van der Waals surface area contributed by atoms with E-state index in [1.54, 1.807) is 0 Å². The second-order valence-electron chi connectivity index (χ2n) is 3.30. The summed E-state index contributed by atoms with van der Waals surface area (Å²) in [5.74, 6) is -1.06. The molecule has 0 spiro atoms. The molecule has 0 aliphatic rings. The van der Waals surface area contributed by atoms with Crippen LogP contribution < -0.4 is 0 Å². The van der Waals surface area contributed by atoms with Gasteiger partial charge >= 0.3 is 0 Å². The fraction of sp³-hybridized carbons (Fsp3) is 0.182. The zero-order valence-electron chi connectivity index (χ0n) is 8.13. The van der Waals surface area contributed by atoms with Crippen LogP contribution in [0.1, 0.15) is 16.3 Å². The summed E-state index contributed by atoms with van der Waals surface area (Å²) in [6.45, 7) is 1.89. The van der Waals surface area contributed by atoms with E-state index in [0.717, 1.165) is 16.8 Å². The van der Waals surface area contributed by atoms with Crippen LogP contribution in [0.3, 0.4) is 0 Å². The summed E-state index contributed by atoms with van der Waals surface area (Å²) in [6.07, 6.45) is 0.421. The SMILES string of the molecule is Cc1csc(Cc2ccc(F)cc2F)n1. The van der Waals surface area contributed by atoms with Crippen LogP contribution in [0.25, 0.3) is 0 Å². The highest BCUT2D eigenvalue weighted by Gasteiger charge is 2.06. The molecule has 1 aromatic carbocycles. The zero-order valence-corrected chi connectivity index (χ0v) is 8.94. The van der Waals surface area contributed by atoms with Gasteiger partial charge in [0.25, 0.3) is 0 Å². The van der Waals surface area contributed by atoms with Crippen molar-refractivity contribution in [3.8, 4) is 0 Å². The number of aromatic nitrogens is 1.